The summed E-state index contributed by atoms with van der Waals surface area (Å²) >= 11 is 0. The molecule has 1 aromatic carbocycles. The van der Waals surface area contributed by atoms with E-state index in [1.807, 2.05) is 30.1 Å². The first-order valence-electron chi connectivity index (χ1n) is 6.41. The SMILES string of the molecule is CC1Cc2ccccc2N1C(=O)c1cc(N)cn1C. The highest BCUT2D eigenvalue weighted by molar-refractivity contribution is 6.07. The van der Waals surface area contributed by atoms with Gasteiger partial charge < -0.3 is 15.2 Å². The zero-order chi connectivity index (χ0) is 13.6. The standard InChI is InChI=1S/C15H17N3O/c1-10-7-11-5-3-4-6-13(11)18(10)15(19)14-8-12(16)9-17(14)2/h3-6,8-10H,7,16H2,1-2H3. The predicted octanol–water partition coefficient (Wildman–Crippen LogP) is 2.20. The van der Waals surface area contributed by atoms with Gasteiger partial charge in [0.25, 0.3) is 5.91 Å². The molecule has 1 aromatic heterocycles. The highest BCUT2D eigenvalue weighted by Gasteiger charge is 2.32. The van der Waals surface area contributed by atoms with Crippen LogP contribution >= 0.6 is 0 Å². The molecule has 1 aliphatic heterocycles. The lowest BCUT2D eigenvalue weighted by molar-refractivity contribution is 0.0973. The van der Waals surface area contributed by atoms with Crippen LogP contribution in [0.5, 0.6) is 0 Å². The number of hydrogen-bond donors (Lipinski definition) is 1. The number of fused-ring (bicyclic) bond motifs is 1. The lowest BCUT2D eigenvalue weighted by atomic mass is 10.1. The van der Waals surface area contributed by atoms with Crippen molar-refractivity contribution in [3.8, 4) is 0 Å². The minimum absolute atomic E-state index is 0.0108. The van der Waals surface area contributed by atoms with Gasteiger partial charge in [-0.2, -0.15) is 0 Å². The van der Waals surface area contributed by atoms with Crippen LogP contribution in [0.3, 0.4) is 0 Å². The average Bonchev–Trinajstić information content (AvgIpc) is 2.87. The molecule has 1 aliphatic rings. The minimum Gasteiger partial charge on any atom is -0.397 e. The van der Waals surface area contributed by atoms with Crippen LogP contribution in [-0.4, -0.2) is 16.5 Å². The van der Waals surface area contributed by atoms with Crippen molar-refractivity contribution < 1.29 is 4.79 Å². The monoisotopic (exact) mass is 255 g/mol. The molecule has 98 valence electrons. The number of benzene rings is 1. The number of carbonyl (C=O) groups excluding carboxylic acids is 1. The van der Waals surface area contributed by atoms with E-state index in [1.54, 1.807) is 16.8 Å². The zero-order valence-corrected chi connectivity index (χ0v) is 11.1. The van der Waals surface area contributed by atoms with Gasteiger partial charge >= 0.3 is 0 Å². The van der Waals surface area contributed by atoms with Crippen molar-refractivity contribution in [2.24, 2.45) is 7.05 Å². The first-order chi connectivity index (χ1) is 9.08. The van der Waals surface area contributed by atoms with Gasteiger partial charge in [-0.15, -0.1) is 0 Å². The summed E-state index contributed by atoms with van der Waals surface area (Å²) in [6.45, 7) is 2.07. The molecule has 1 amide bonds. The Kier molecular flexibility index (Phi) is 2.59. The number of nitrogens with two attached hydrogens (primary N) is 1. The van der Waals surface area contributed by atoms with Gasteiger partial charge in [-0.3, -0.25) is 4.79 Å². The average molecular weight is 255 g/mol. The van der Waals surface area contributed by atoms with Crippen LogP contribution < -0.4 is 10.6 Å². The molecule has 0 radical (unpaired) electrons. The number of aryl methyl sites for hydroxylation is 1. The number of amides is 1. The molecule has 4 nitrogen and oxygen atoms in total. The molecular formula is C15H17N3O. The molecule has 2 N–H and O–H groups in total. The summed E-state index contributed by atoms with van der Waals surface area (Å²) < 4.78 is 1.78. The Morgan fingerprint density at radius 2 is 2.11 bits per heavy atom. The Balaban J connectivity index is 2.03. The number of aromatic nitrogens is 1. The van der Waals surface area contributed by atoms with Crippen molar-refractivity contribution in [3.63, 3.8) is 0 Å². The van der Waals surface area contributed by atoms with Crippen molar-refractivity contribution in [2.75, 3.05) is 10.6 Å². The Hall–Kier alpha value is -2.23. The molecular weight excluding hydrogens is 238 g/mol. The van der Waals surface area contributed by atoms with Gasteiger partial charge in [-0.1, -0.05) is 18.2 Å². The molecule has 2 aromatic rings. The van der Waals surface area contributed by atoms with E-state index in [0.29, 0.717) is 11.4 Å². The summed E-state index contributed by atoms with van der Waals surface area (Å²) in [6, 6.07) is 9.98. The molecule has 1 unspecified atom stereocenters. The van der Waals surface area contributed by atoms with E-state index in [1.165, 1.54) is 5.56 Å². The van der Waals surface area contributed by atoms with Crippen molar-refractivity contribution in [2.45, 2.75) is 19.4 Å². The third-order valence-corrected chi connectivity index (χ3v) is 3.67. The Morgan fingerprint density at radius 1 is 1.37 bits per heavy atom. The number of nitrogen functional groups attached to an aromatic ring is 1. The quantitative estimate of drug-likeness (QED) is 0.849. The van der Waals surface area contributed by atoms with Gasteiger partial charge in [0.1, 0.15) is 5.69 Å². The number of para-hydroxylation sites is 1. The second-order valence-corrected chi connectivity index (χ2v) is 5.13. The second-order valence-electron chi connectivity index (χ2n) is 5.13. The Labute approximate surface area is 112 Å². The zero-order valence-electron chi connectivity index (χ0n) is 11.1. The van der Waals surface area contributed by atoms with E-state index >= 15 is 0 Å². The molecule has 3 rings (SSSR count). The third kappa shape index (κ3) is 1.80. The molecule has 1 atom stereocenters. The fourth-order valence-corrected chi connectivity index (χ4v) is 2.80. The molecule has 0 spiro atoms. The van der Waals surface area contributed by atoms with Gasteiger partial charge in [0.05, 0.1) is 5.69 Å². The number of carbonyl (C=O) groups is 1. The Morgan fingerprint density at radius 3 is 2.79 bits per heavy atom. The number of nitrogens with zero attached hydrogens (tertiary/aromatic N) is 2. The molecule has 2 heterocycles. The van der Waals surface area contributed by atoms with Crippen LogP contribution in [0.25, 0.3) is 0 Å². The van der Waals surface area contributed by atoms with Crippen LogP contribution in [-0.2, 0) is 13.5 Å². The molecule has 0 saturated carbocycles. The summed E-state index contributed by atoms with van der Waals surface area (Å²) in [6.07, 6.45) is 2.67. The predicted molar refractivity (Wildman–Crippen MR) is 76.2 cm³/mol. The van der Waals surface area contributed by atoms with Gasteiger partial charge in [-0.25, -0.2) is 0 Å². The highest BCUT2D eigenvalue weighted by atomic mass is 16.2. The summed E-state index contributed by atoms with van der Waals surface area (Å²) in [5.41, 5.74) is 9.24. The normalized spacial score (nSPS) is 17.6. The fraction of sp³-hybridized carbons (Fsp3) is 0.267. The second kappa shape index (κ2) is 4.16. The van der Waals surface area contributed by atoms with Crippen LogP contribution in [0, 0.1) is 0 Å². The van der Waals surface area contributed by atoms with Crippen molar-refractivity contribution in [3.05, 3.63) is 47.8 Å². The van der Waals surface area contributed by atoms with Crippen molar-refractivity contribution >= 4 is 17.3 Å². The van der Waals surface area contributed by atoms with E-state index in [9.17, 15) is 4.79 Å². The smallest absolute Gasteiger partial charge is 0.275 e. The van der Waals surface area contributed by atoms with Crippen LogP contribution in [0.2, 0.25) is 0 Å². The van der Waals surface area contributed by atoms with Crippen LogP contribution in [0.15, 0.2) is 36.5 Å². The first-order valence-corrected chi connectivity index (χ1v) is 6.41. The van der Waals surface area contributed by atoms with E-state index in [0.717, 1.165) is 12.1 Å². The van der Waals surface area contributed by atoms with E-state index in [-0.39, 0.29) is 11.9 Å². The van der Waals surface area contributed by atoms with E-state index in [4.69, 9.17) is 5.73 Å². The topological polar surface area (TPSA) is 51.3 Å². The lowest BCUT2D eigenvalue weighted by Crippen LogP contribution is -2.36. The van der Waals surface area contributed by atoms with Gasteiger partial charge in [-0.05, 0) is 31.0 Å². The number of anilines is 2. The molecule has 0 bridgehead atoms. The maximum Gasteiger partial charge on any atom is 0.275 e. The summed E-state index contributed by atoms with van der Waals surface area (Å²) in [5, 5.41) is 0. The van der Waals surface area contributed by atoms with E-state index in [2.05, 4.69) is 13.0 Å². The largest absolute Gasteiger partial charge is 0.397 e. The molecule has 0 aliphatic carbocycles. The fourth-order valence-electron chi connectivity index (χ4n) is 2.80. The Bertz CT molecular complexity index is 645. The van der Waals surface area contributed by atoms with Crippen molar-refractivity contribution in [1.82, 2.24) is 4.57 Å². The molecule has 19 heavy (non-hydrogen) atoms. The van der Waals surface area contributed by atoms with Crippen molar-refractivity contribution in [1.29, 1.82) is 0 Å². The van der Waals surface area contributed by atoms with Crippen LogP contribution in [0.4, 0.5) is 11.4 Å². The van der Waals surface area contributed by atoms with Gasteiger partial charge in [0.2, 0.25) is 0 Å². The molecule has 4 heteroatoms. The van der Waals surface area contributed by atoms with Crippen LogP contribution in [0.1, 0.15) is 23.0 Å². The maximum atomic E-state index is 12.7. The molecule has 0 saturated heterocycles. The summed E-state index contributed by atoms with van der Waals surface area (Å²) in [5.74, 6) is 0.0108. The first kappa shape index (κ1) is 11.8. The molecule has 0 fully saturated rings. The third-order valence-electron chi connectivity index (χ3n) is 3.67. The van der Waals surface area contributed by atoms with E-state index < -0.39 is 0 Å². The van der Waals surface area contributed by atoms with Gasteiger partial charge in [0, 0.05) is 25.0 Å². The number of rotatable bonds is 1. The summed E-state index contributed by atoms with van der Waals surface area (Å²) in [4.78, 5) is 14.6. The van der Waals surface area contributed by atoms with Gasteiger partial charge in [0.15, 0.2) is 0 Å². The highest BCUT2D eigenvalue weighted by Crippen LogP contribution is 2.33. The maximum absolute atomic E-state index is 12.7. The summed E-state index contributed by atoms with van der Waals surface area (Å²) in [7, 11) is 1.84. The number of hydrogen-bond acceptors (Lipinski definition) is 2. The minimum atomic E-state index is 0.0108. The lowest BCUT2D eigenvalue weighted by Gasteiger charge is -2.22.